The largest absolute Gasteiger partial charge is 0.393 e. The highest BCUT2D eigenvalue weighted by atomic mass is 16.5. The lowest BCUT2D eigenvalue weighted by Crippen LogP contribution is -2.57. The van der Waals surface area contributed by atoms with Crippen molar-refractivity contribution < 1.29 is 9.84 Å². The Morgan fingerprint density at radius 2 is 1.67 bits per heavy atom. The minimum Gasteiger partial charge on any atom is -0.393 e. The minimum absolute atomic E-state index is 0.110. The van der Waals surface area contributed by atoms with Gasteiger partial charge in [0.2, 0.25) is 0 Å². The van der Waals surface area contributed by atoms with E-state index in [-0.39, 0.29) is 6.10 Å². The van der Waals surface area contributed by atoms with Crippen LogP contribution in [0.1, 0.15) is 98.3 Å². The Morgan fingerprint density at radius 3 is 2.40 bits per heavy atom. The second-order valence-electron chi connectivity index (χ2n) is 12.4. The van der Waals surface area contributed by atoms with Crippen molar-refractivity contribution in [2.45, 2.75) is 111 Å². The van der Waals surface area contributed by atoms with Crippen LogP contribution in [0.2, 0.25) is 0 Å². The fraction of sp³-hybridized carbons (Fsp3) is 0.929. The third-order valence-corrected chi connectivity index (χ3v) is 10.5. The maximum absolute atomic E-state index is 10.7. The normalized spacial score (nSPS) is 48.1. The topological polar surface area (TPSA) is 29.5 Å². The summed E-state index contributed by atoms with van der Waals surface area (Å²) in [5.41, 5.74) is 0.824. The van der Waals surface area contributed by atoms with Crippen molar-refractivity contribution in [3.05, 3.63) is 12.7 Å². The predicted molar refractivity (Wildman–Crippen MR) is 125 cm³/mol. The highest BCUT2D eigenvalue weighted by Gasteiger charge is 2.61. The number of fused-ring (bicyclic) bond motifs is 5. The molecule has 0 aromatic heterocycles. The van der Waals surface area contributed by atoms with Crippen molar-refractivity contribution in [2.75, 3.05) is 6.61 Å². The van der Waals surface area contributed by atoms with Gasteiger partial charge in [0.05, 0.1) is 12.2 Å². The molecule has 0 saturated heterocycles. The standard InChI is InChI=1S/C28H48O2/c1-6-8-21-23-11-10-20-22-12-13-26(30-18-7-9-19(2)3)28(22,5)16-14-24(20)27(23,4)17-15-25(21)29/h6,19-26,29H,1,7-18H2,2-5H3/t20-,21-,22-,23?,24-,25+,26?,27-,28-/m0/s1. The summed E-state index contributed by atoms with van der Waals surface area (Å²) in [6, 6.07) is 0. The first-order valence-corrected chi connectivity index (χ1v) is 13.2. The number of aliphatic hydroxyl groups excluding tert-OH is 1. The van der Waals surface area contributed by atoms with Crippen LogP contribution in [0.15, 0.2) is 12.7 Å². The molecule has 0 aromatic rings. The highest BCUT2D eigenvalue weighted by molar-refractivity contribution is 5.11. The minimum atomic E-state index is -0.110. The van der Waals surface area contributed by atoms with Crippen LogP contribution < -0.4 is 0 Å². The first-order valence-electron chi connectivity index (χ1n) is 13.2. The predicted octanol–water partition coefficient (Wildman–Crippen LogP) is 7.01. The molecule has 172 valence electrons. The summed E-state index contributed by atoms with van der Waals surface area (Å²) in [5, 5.41) is 10.7. The Labute approximate surface area is 186 Å². The van der Waals surface area contributed by atoms with Crippen LogP contribution >= 0.6 is 0 Å². The molecule has 4 aliphatic carbocycles. The van der Waals surface area contributed by atoms with Gasteiger partial charge in [-0.1, -0.05) is 33.8 Å². The van der Waals surface area contributed by atoms with Crippen LogP contribution in [0, 0.1) is 46.3 Å². The van der Waals surface area contributed by atoms with E-state index in [2.05, 4.69) is 40.3 Å². The van der Waals surface area contributed by atoms with E-state index < -0.39 is 0 Å². The summed E-state index contributed by atoms with van der Waals surface area (Å²) in [7, 11) is 0. The molecule has 0 radical (unpaired) electrons. The molecule has 0 aliphatic heterocycles. The second-order valence-corrected chi connectivity index (χ2v) is 12.4. The van der Waals surface area contributed by atoms with Crippen LogP contribution in [0.4, 0.5) is 0 Å². The summed E-state index contributed by atoms with van der Waals surface area (Å²) in [5.74, 6) is 4.51. The molecule has 0 bridgehead atoms. The van der Waals surface area contributed by atoms with E-state index in [4.69, 9.17) is 4.74 Å². The van der Waals surface area contributed by atoms with E-state index in [1.165, 1.54) is 57.8 Å². The lowest BCUT2D eigenvalue weighted by Gasteiger charge is -2.62. The molecule has 4 aliphatic rings. The van der Waals surface area contributed by atoms with Gasteiger partial charge in [-0.25, -0.2) is 0 Å². The van der Waals surface area contributed by atoms with Gasteiger partial charge in [0, 0.05) is 6.61 Å². The summed E-state index contributed by atoms with van der Waals surface area (Å²) in [6.07, 6.45) is 16.3. The molecule has 1 N–H and O–H groups in total. The Balaban J connectivity index is 1.46. The van der Waals surface area contributed by atoms with Gasteiger partial charge in [0.25, 0.3) is 0 Å². The molecule has 0 amide bonds. The second kappa shape index (κ2) is 8.89. The number of hydrogen-bond acceptors (Lipinski definition) is 2. The molecular formula is C28H48O2. The molecule has 4 fully saturated rings. The van der Waals surface area contributed by atoms with Crippen LogP contribution in [-0.4, -0.2) is 23.9 Å². The van der Waals surface area contributed by atoms with Gasteiger partial charge in [0.1, 0.15) is 0 Å². The van der Waals surface area contributed by atoms with Crippen molar-refractivity contribution in [2.24, 2.45) is 46.3 Å². The van der Waals surface area contributed by atoms with E-state index in [9.17, 15) is 5.11 Å². The SMILES string of the molecule is C=CC[C@H]1C2CC[C@@H]3[C@H](CC[C@]4(C)C(OCCCC(C)C)CC[C@@H]34)[C@@]2(C)CC[C@H]1O. The molecule has 0 aromatic carbocycles. The van der Waals surface area contributed by atoms with Gasteiger partial charge in [-0.3, -0.25) is 0 Å². The first kappa shape index (κ1) is 22.8. The average Bonchev–Trinajstić information content (AvgIpc) is 3.04. The number of hydrogen-bond donors (Lipinski definition) is 1. The number of allylic oxidation sites excluding steroid dienone is 1. The summed E-state index contributed by atoms with van der Waals surface area (Å²) >= 11 is 0. The van der Waals surface area contributed by atoms with Gasteiger partial charge in [-0.2, -0.15) is 0 Å². The average molecular weight is 417 g/mol. The smallest absolute Gasteiger partial charge is 0.0631 e. The quantitative estimate of drug-likeness (QED) is 0.357. The van der Waals surface area contributed by atoms with Crippen molar-refractivity contribution in [1.82, 2.24) is 0 Å². The molecule has 2 heteroatoms. The maximum atomic E-state index is 10.7. The fourth-order valence-electron chi connectivity index (χ4n) is 8.96. The van der Waals surface area contributed by atoms with Gasteiger partial charge in [0.15, 0.2) is 0 Å². The molecule has 4 rings (SSSR count). The van der Waals surface area contributed by atoms with Crippen molar-refractivity contribution in [3.63, 3.8) is 0 Å². The number of aliphatic hydroxyl groups is 1. The Kier molecular flexibility index (Phi) is 6.77. The molecular weight excluding hydrogens is 368 g/mol. The molecule has 30 heavy (non-hydrogen) atoms. The molecule has 4 saturated carbocycles. The Morgan fingerprint density at radius 1 is 0.967 bits per heavy atom. The van der Waals surface area contributed by atoms with Gasteiger partial charge < -0.3 is 9.84 Å². The summed E-state index contributed by atoms with van der Waals surface area (Å²) in [6.45, 7) is 14.8. The van der Waals surface area contributed by atoms with Gasteiger partial charge in [-0.15, -0.1) is 6.58 Å². The monoisotopic (exact) mass is 416 g/mol. The summed E-state index contributed by atoms with van der Waals surface area (Å²) in [4.78, 5) is 0. The van der Waals surface area contributed by atoms with Crippen molar-refractivity contribution in [1.29, 1.82) is 0 Å². The van der Waals surface area contributed by atoms with Gasteiger partial charge in [-0.05, 0) is 117 Å². The number of ether oxygens (including phenoxy) is 1. The van der Waals surface area contributed by atoms with Crippen LogP contribution in [-0.2, 0) is 4.74 Å². The van der Waals surface area contributed by atoms with Crippen molar-refractivity contribution >= 4 is 0 Å². The van der Waals surface area contributed by atoms with Crippen LogP contribution in [0.5, 0.6) is 0 Å². The fourth-order valence-corrected chi connectivity index (χ4v) is 8.96. The number of rotatable bonds is 7. The molecule has 0 spiro atoms. The maximum Gasteiger partial charge on any atom is 0.0631 e. The van der Waals surface area contributed by atoms with Crippen LogP contribution in [0.3, 0.4) is 0 Å². The van der Waals surface area contributed by atoms with Crippen molar-refractivity contribution in [3.8, 4) is 0 Å². The van der Waals surface area contributed by atoms with Crippen LogP contribution in [0.25, 0.3) is 0 Å². The van der Waals surface area contributed by atoms with E-state index in [1.807, 2.05) is 0 Å². The zero-order valence-electron chi connectivity index (χ0n) is 20.2. The Bertz CT molecular complexity index is 599. The molecule has 9 atom stereocenters. The Hall–Kier alpha value is -0.340. The zero-order valence-corrected chi connectivity index (χ0v) is 20.2. The lowest BCUT2D eigenvalue weighted by molar-refractivity contribution is -0.159. The van der Waals surface area contributed by atoms with E-state index in [0.29, 0.717) is 28.8 Å². The lowest BCUT2D eigenvalue weighted by atomic mass is 9.43. The first-order chi connectivity index (χ1) is 14.3. The highest BCUT2D eigenvalue weighted by Crippen LogP contribution is 2.67. The van der Waals surface area contributed by atoms with E-state index in [0.717, 1.165) is 43.1 Å². The van der Waals surface area contributed by atoms with E-state index >= 15 is 0 Å². The molecule has 2 nitrogen and oxygen atoms in total. The third kappa shape index (κ3) is 3.83. The molecule has 0 heterocycles. The molecule has 2 unspecified atom stereocenters. The van der Waals surface area contributed by atoms with Gasteiger partial charge >= 0.3 is 0 Å². The van der Waals surface area contributed by atoms with E-state index in [1.54, 1.807) is 0 Å². The zero-order chi connectivity index (χ0) is 21.5. The summed E-state index contributed by atoms with van der Waals surface area (Å²) < 4.78 is 6.56. The third-order valence-electron chi connectivity index (χ3n) is 10.5.